The van der Waals surface area contributed by atoms with Crippen LogP contribution >= 0.6 is 0 Å². The second-order valence-corrected chi connectivity index (χ2v) is 9.11. The van der Waals surface area contributed by atoms with E-state index in [0.29, 0.717) is 44.3 Å². The summed E-state index contributed by atoms with van der Waals surface area (Å²) < 4.78 is 37.6. The third-order valence-electron chi connectivity index (χ3n) is 5.04. The van der Waals surface area contributed by atoms with Gasteiger partial charge in [-0.2, -0.15) is 4.31 Å². The molecule has 0 bridgehead atoms. The van der Waals surface area contributed by atoms with Gasteiger partial charge in [0.25, 0.3) is 0 Å². The highest BCUT2D eigenvalue weighted by atomic mass is 32.2. The van der Waals surface area contributed by atoms with Crippen molar-refractivity contribution in [2.75, 3.05) is 39.9 Å². The van der Waals surface area contributed by atoms with Gasteiger partial charge in [0.1, 0.15) is 0 Å². The van der Waals surface area contributed by atoms with Crippen LogP contribution in [0.5, 0.6) is 11.5 Å². The Morgan fingerprint density at radius 2 is 1.74 bits per heavy atom. The summed E-state index contributed by atoms with van der Waals surface area (Å²) in [4.78, 5) is 14.2. The summed E-state index contributed by atoms with van der Waals surface area (Å²) >= 11 is 0. The van der Waals surface area contributed by atoms with E-state index in [2.05, 4.69) is 0 Å². The Morgan fingerprint density at radius 3 is 2.39 bits per heavy atom. The molecule has 0 spiro atoms. The van der Waals surface area contributed by atoms with Crippen molar-refractivity contribution in [3.05, 3.63) is 65.7 Å². The molecule has 1 aliphatic rings. The van der Waals surface area contributed by atoms with Crippen molar-refractivity contribution in [3.63, 3.8) is 0 Å². The first-order valence-corrected chi connectivity index (χ1v) is 11.8. The molecule has 0 N–H and O–H groups in total. The van der Waals surface area contributed by atoms with Crippen LogP contribution in [0.25, 0.3) is 6.08 Å². The van der Waals surface area contributed by atoms with Crippen LogP contribution in [-0.4, -0.2) is 63.4 Å². The van der Waals surface area contributed by atoms with Crippen molar-refractivity contribution in [1.82, 2.24) is 9.21 Å². The lowest BCUT2D eigenvalue weighted by atomic mass is 10.2. The number of nitrogens with zero attached hydrogens (tertiary/aromatic N) is 2. The third-order valence-corrected chi connectivity index (χ3v) is 6.89. The average molecular weight is 445 g/mol. The zero-order chi connectivity index (χ0) is 22.3. The van der Waals surface area contributed by atoms with Crippen LogP contribution in [-0.2, 0) is 20.6 Å². The van der Waals surface area contributed by atoms with Crippen molar-refractivity contribution < 1.29 is 22.7 Å². The number of amides is 1. The highest BCUT2D eigenvalue weighted by Crippen LogP contribution is 2.28. The van der Waals surface area contributed by atoms with Gasteiger partial charge < -0.3 is 14.4 Å². The molecule has 8 heteroatoms. The fourth-order valence-corrected chi connectivity index (χ4v) is 4.91. The first kappa shape index (κ1) is 22.8. The number of carbonyl (C=O) groups excluding carboxylic acids is 1. The van der Waals surface area contributed by atoms with E-state index in [1.54, 1.807) is 30.2 Å². The van der Waals surface area contributed by atoms with E-state index >= 15 is 0 Å². The van der Waals surface area contributed by atoms with Gasteiger partial charge in [0.15, 0.2) is 11.5 Å². The zero-order valence-corrected chi connectivity index (χ0v) is 18.7. The zero-order valence-electron chi connectivity index (χ0n) is 17.9. The quantitative estimate of drug-likeness (QED) is 0.585. The molecular formula is C23H28N2O5S. The SMILES string of the molecule is CCOc1ccc(/C=C/C(=O)N2CCN(S(=O)(=O)Cc3ccccc3)CC2)cc1OC. The third kappa shape index (κ3) is 6.08. The molecule has 1 amide bonds. The number of methoxy groups -OCH3 is 1. The number of carbonyl (C=O) groups is 1. The molecule has 0 unspecified atom stereocenters. The summed E-state index contributed by atoms with van der Waals surface area (Å²) in [7, 11) is -1.83. The molecule has 0 aromatic heterocycles. The number of piperazine rings is 1. The Kier molecular flexibility index (Phi) is 7.70. The molecule has 1 fully saturated rings. The standard InChI is InChI=1S/C23H28N2O5S/c1-3-30-21-11-9-19(17-22(21)29-2)10-12-23(26)24-13-15-25(16-14-24)31(27,28)18-20-7-5-4-6-8-20/h4-12,17H,3,13-16,18H2,1-2H3/b12-10+. The summed E-state index contributed by atoms with van der Waals surface area (Å²) in [5.74, 6) is 1.09. The summed E-state index contributed by atoms with van der Waals surface area (Å²) in [6, 6.07) is 14.6. The van der Waals surface area contributed by atoms with Crippen LogP contribution in [0.15, 0.2) is 54.6 Å². The van der Waals surface area contributed by atoms with Crippen LogP contribution in [0.3, 0.4) is 0 Å². The van der Waals surface area contributed by atoms with Crippen molar-refractivity contribution in [3.8, 4) is 11.5 Å². The lowest BCUT2D eigenvalue weighted by Crippen LogP contribution is -2.50. The van der Waals surface area contributed by atoms with Crippen molar-refractivity contribution in [1.29, 1.82) is 0 Å². The number of hydrogen-bond acceptors (Lipinski definition) is 5. The Morgan fingerprint density at radius 1 is 1.03 bits per heavy atom. The maximum absolute atomic E-state index is 12.7. The Bertz CT molecular complexity index is 1010. The lowest BCUT2D eigenvalue weighted by Gasteiger charge is -2.33. The molecule has 0 radical (unpaired) electrons. The predicted molar refractivity (Wildman–Crippen MR) is 120 cm³/mol. The maximum Gasteiger partial charge on any atom is 0.246 e. The molecule has 0 saturated carbocycles. The van der Waals surface area contributed by atoms with Crippen molar-refractivity contribution in [2.24, 2.45) is 0 Å². The Hall–Kier alpha value is -2.84. The molecule has 2 aromatic carbocycles. The molecule has 31 heavy (non-hydrogen) atoms. The number of hydrogen-bond donors (Lipinski definition) is 0. The van der Waals surface area contributed by atoms with Crippen LogP contribution in [0, 0.1) is 0 Å². The predicted octanol–water partition coefficient (Wildman–Crippen LogP) is 2.78. The summed E-state index contributed by atoms with van der Waals surface area (Å²) in [6.45, 7) is 3.76. The van der Waals surface area contributed by atoms with E-state index in [1.807, 2.05) is 43.3 Å². The van der Waals surface area contributed by atoms with Crippen LogP contribution in [0.4, 0.5) is 0 Å². The average Bonchev–Trinajstić information content (AvgIpc) is 2.78. The Labute approximate surface area is 183 Å². The largest absolute Gasteiger partial charge is 0.493 e. The summed E-state index contributed by atoms with van der Waals surface area (Å²) in [6.07, 6.45) is 3.22. The van der Waals surface area contributed by atoms with Crippen molar-refractivity contribution >= 4 is 22.0 Å². The molecule has 1 heterocycles. The van der Waals surface area contributed by atoms with Gasteiger partial charge in [0.05, 0.1) is 19.5 Å². The smallest absolute Gasteiger partial charge is 0.246 e. The second kappa shape index (κ2) is 10.5. The molecule has 1 aliphatic heterocycles. The van der Waals surface area contributed by atoms with Gasteiger partial charge in [-0.3, -0.25) is 4.79 Å². The normalized spacial score (nSPS) is 15.2. The van der Waals surface area contributed by atoms with E-state index in [9.17, 15) is 13.2 Å². The number of ether oxygens (including phenoxy) is 2. The minimum Gasteiger partial charge on any atom is -0.493 e. The van der Waals surface area contributed by atoms with E-state index in [1.165, 1.54) is 10.4 Å². The first-order valence-electron chi connectivity index (χ1n) is 10.2. The van der Waals surface area contributed by atoms with Gasteiger partial charge in [0, 0.05) is 32.3 Å². The van der Waals surface area contributed by atoms with E-state index in [4.69, 9.17) is 9.47 Å². The highest BCUT2D eigenvalue weighted by molar-refractivity contribution is 7.88. The minimum absolute atomic E-state index is 0.0265. The molecule has 1 saturated heterocycles. The van der Waals surface area contributed by atoms with Gasteiger partial charge in [0.2, 0.25) is 15.9 Å². The monoisotopic (exact) mass is 444 g/mol. The van der Waals surface area contributed by atoms with Gasteiger partial charge in [-0.15, -0.1) is 0 Å². The molecule has 166 valence electrons. The molecule has 3 rings (SSSR count). The van der Waals surface area contributed by atoms with Crippen LogP contribution in [0.2, 0.25) is 0 Å². The van der Waals surface area contributed by atoms with Gasteiger partial charge >= 0.3 is 0 Å². The van der Waals surface area contributed by atoms with Crippen LogP contribution < -0.4 is 9.47 Å². The second-order valence-electron chi connectivity index (χ2n) is 7.14. The minimum atomic E-state index is -3.41. The fraction of sp³-hybridized carbons (Fsp3) is 0.348. The number of rotatable bonds is 8. The lowest BCUT2D eigenvalue weighted by molar-refractivity contribution is -0.127. The van der Waals surface area contributed by atoms with E-state index in [0.717, 1.165) is 11.1 Å². The molecule has 0 atom stereocenters. The van der Waals surface area contributed by atoms with Gasteiger partial charge in [-0.25, -0.2) is 8.42 Å². The maximum atomic E-state index is 12.7. The first-order chi connectivity index (χ1) is 14.9. The van der Waals surface area contributed by atoms with Crippen molar-refractivity contribution in [2.45, 2.75) is 12.7 Å². The molecule has 2 aromatic rings. The molecule has 7 nitrogen and oxygen atoms in total. The molecular weight excluding hydrogens is 416 g/mol. The number of sulfonamides is 1. The van der Waals surface area contributed by atoms with E-state index < -0.39 is 10.0 Å². The summed E-state index contributed by atoms with van der Waals surface area (Å²) in [5, 5.41) is 0. The van der Waals surface area contributed by atoms with E-state index in [-0.39, 0.29) is 11.7 Å². The van der Waals surface area contributed by atoms with Crippen LogP contribution in [0.1, 0.15) is 18.1 Å². The van der Waals surface area contributed by atoms with Gasteiger partial charge in [-0.1, -0.05) is 36.4 Å². The Balaban J connectivity index is 1.56. The number of benzene rings is 2. The fourth-order valence-electron chi connectivity index (χ4n) is 3.40. The van der Waals surface area contributed by atoms with Gasteiger partial charge in [-0.05, 0) is 36.3 Å². The highest BCUT2D eigenvalue weighted by Gasteiger charge is 2.28. The summed E-state index contributed by atoms with van der Waals surface area (Å²) in [5.41, 5.74) is 1.58. The molecule has 0 aliphatic carbocycles. The topological polar surface area (TPSA) is 76.2 Å².